The Morgan fingerprint density at radius 3 is 2.29 bits per heavy atom. The molecule has 2 heterocycles. The van der Waals surface area contributed by atoms with Crippen molar-refractivity contribution in [2.24, 2.45) is 5.73 Å². The molecule has 2 aromatic rings. The average molecular weight is 380 g/mol. The number of piperidine rings is 2. The summed E-state index contributed by atoms with van der Waals surface area (Å²) >= 11 is 0. The summed E-state index contributed by atoms with van der Waals surface area (Å²) in [4.78, 5) is 29.3. The van der Waals surface area contributed by atoms with Crippen molar-refractivity contribution in [2.75, 3.05) is 31.5 Å². The van der Waals surface area contributed by atoms with Gasteiger partial charge in [-0.05, 0) is 50.2 Å². The summed E-state index contributed by atoms with van der Waals surface area (Å²) in [6.45, 7) is 2.92. The van der Waals surface area contributed by atoms with Gasteiger partial charge in [-0.1, -0.05) is 42.8 Å². The monoisotopic (exact) mass is 380 g/mol. The number of hydrogen-bond acceptors (Lipinski definition) is 3. The summed E-state index contributed by atoms with van der Waals surface area (Å²) in [7, 11) is 0. The Labute approximate surface area is 165 Å². The SMILES string of the molecule is NC(=O)C1(N2CCCCC2)CCN(C(=O)Nc2cccc3ccccc23)CC1. The molecule has 2 aromatic carbocycles. The highest BCUT2D eigenvalue weighted by Crippen LogP contribution is 2.32. The van der Waals surface area contributed by atoms with Crippen LogP contribution in [-0.4, -0.2) is 53.5 Å². The third-order valence-electron chi connectivity index (χ3n) is 6.33. The van der Waals surface area contributed by atoms with E-state index in [1.165, 1.54) is 6.42 Å². The molecule has 0 saturated carbocycles. The molecular formula is C22H28N4O2. The molecule has 0 aliphatic carbocycles. The fraction of sp³-hybridized carbons (Fsp3) is 0.455. The molecule has 2 saturated heterocycles. The fourth-order valence-corrected chi connectivity index (χ4v) is 4.65. The minimum atomic E-state index is -0.601. The summed E-state index contributed by atoms with van der Waals surface area (Å²) < 4.78 is 0. The first kappa shape index (κ1) is 18.7. The molecule has 2 fully saturated rings. The lowest BCUT2D eigenvalue weighted by Gasteiger charge is -2.48. The van der Waals surface area contributed by atoms with Gasteiger partial charge in [0.25, 0.3) is 0 Å². The summed E-state index contributed by atoms with van der Waals surface area (Å²) in [5.41, 5.74) is 6.05. The van der Waals surface area contributed by atoms with Gasteiger partial charge in [0.2, 0.25) is 5.91 Å². The zero-order valence-corrected chi connectivity index (χ0v) is 16.2. The number of urea groups is 1. The average Bonchev–Trinajstić information content (AvgIpc) is 2.74. The van der Waals surface area contributed by atoms with Crippen molar-refractivity contribution >= 4 is 28.4 Å². The maximum atomic E-state index is 12.9. The fourth-order valence-electron chi connectivity index (χ4n) is 4.65. The van der Waals surface area contributed by atoms with Crippen LogP contribution in [0.25, 0.3) is 10.8 Å². The van der Waals surface area contributed by atoms with Crippen LogP contribution in [0, 0.1) is 0 Å². The molecule has 2 aliphatic heterocycles. The molecule has 0 atom stereocenters. The van der Waals surface area contributed by atoms with Crippen LogP contribution in [0.5, 0.6) is 0 Å². The molecule has 6 heteroatoms. The van der Waals surface area contributed by atoms with E-state index in [0.717, 1.165) is 42.4 Å². The van der Waals surface area contributed by atoms with Crippen molar-refractivity contribution in [3.05, 3.63) is 42.5 Å². The molecule has 0 unspecified atom stereocenters. The maximum Gasteiger partial charge on any atom is 0.321 e. The Kier molecular flexibility index (Phi) is 5.22. The van der Waals surface area contributed by atoms with Gasteiger partial charge in [-0.2, -0.15) is 0 Å². The van der Waals surface area contributed by atoms with Gasteiger partial charge in [0.1, 0.15) is 5.54 Å². The van der Waals surface area contributed by atoms with E-state index in [0.29, 0.717) is 25.9 Å². The molecule has 4 rings (SSSR count). The minimum Gasteiger partial charge on any atom is -0.368 e. The van der Waals surface area contributed by atoms with Gasteiger partial charge in [0, 0.05) is 18.5 Å². The van der Waals surface area contributed by atoms with E-state index in [1.54, 1.807) is 4.90 Å². The van der Waals surface area contributed by atoms with Crippen molar-refractivity contribution in [1.29, 1.82) is 0 Å². The van der Waals surface area contributed by atoms with Crippen LogP contribution in [0.1, 0.15) is 32.1 Å². The van der Waals surface area contributed by atoms with E-state index >= 15 is 0 Å². The maximum absolute atomic E-state index is 12.9. The topological polar surface area (TPSA) is 78.7 Å². The van der Waals surface area contributed by atoms with Crippen LogP contribution in [0.3, 0.4) is 0 Å². The van der Waals surface area contributed by atoms with Gasteiger partial charge in [0.15, 0.2) is 0 Å². The predicted octanol–water partition coefficient (Wildman–Crippen LogP) is 3.18. The van der Waals surface area contributed by atoms with Crippen LogP contribution in [0.4, 0.5) is 10.5 Å². The first-order valence-electron chi connectivity index (χ1n) is 10.2. The Bertz CT molecular complexity index is 862. The highest BCUT2D eigenvalue weighted by molar-refractivity contribution is 6.01. The van der Waals surface area contributed by atoms with E-state index in [9.17, 15) is 9.59 Å². The number of nitrogens with two attached hydrogens (primary N) is 1. The molecule has 0 aromatic heterocycles. The number of fused-ring (bicyclic) bond motifs is 1. The van der Waals surface area contributed by atoms with Gasteiger partial charge in [0.05, 0.1) is 5.69 Å². The minimum absolute atomic E-state index is 0.118. The van der Waals surface area contributed by atoms with E-state index in [4.69, 9.17) is 5.73 Å². The number of nitrogens with zero attached hydrogens (tertiary/aromatic N) is 2. The number of rotatable bonds is 3. The van der Waals surface area contributed by atoms with Gasteiger partial charge >= 0.3 is 6.03 Å². The van der Waals surface area contributed by atoms with Crippen molar-refractivity contribution < 1.29 is 9.59 Å². The molecule has 0 bridgehead atoms. The molecule has 6 nitrogen and oxygen atoms in total. The normalized spacial score (nSPS) is 20.1. The predicted molar refractivity (Wildman–Crippen MR) is 111 cm³/mol. The number of carbonyl (C=O) groups excluding carboxylic acids is 2. The van der Waals surface area contributed by atoms with Gasteiger partial charge in [-0.25, -0.2) is 4.79 Å². The number of benzene rings is 2. The number of hydrogen-bond donors (Lipinski definition) is 2. The van der Waals surface area contributed by atoms with Crippen LogP contribution in [0.15, 0.2) is 42.5 Å². The number of anilines is 1. The van der Waals surface area contributed by atoms with Crippen LogP contribution in [-0.2, 0) is 4.79 Å². The van der Waals surface area contributed by atoms with Crippen molar-refractivity contribution in [3.63, 3.8) is 0 Å². The van der Waals surface area contributed by atoms with Crippen LogP contribution < -0.4 is 11.1 Å². The summed E-state index contributed by atoms with van der Waals surface area (Å²) in [6, 6.07) is 13.8. The third-order valence-corrected chi connectivity index (χ3v) is 6.33. The van der Waals surface area contributed by atoms with Gasteiger partial charge < -0.3 is 16.0 Å². The van der Waals surface area contributed by atoms with E-state index in [2.05, 4.69) is 10.2 Å². The zero-order chi connectivity index (χ0) is 19.6. The lowest BCUT2D eigenvalue weighted by Crippen LogP contribution is -2.64. The van der Waals surface area contributed by atoms with Crippen molar-refractivity contribution in [1.82, 2.24) is 9.80 Å². The Balaban J connectivity index is 1.45. The molecule has 0 radical (unpaired) electrons. The van der Waals surface area contributed by atoms with Crippen LogP contribution >= 0.6 is 0 Å². The van der Waals surface area contributed by atoms with Crippen molar-refractivity contribution in [3.8, 4) is 0 Å². The molecule has 2 aliphatic rings. The lowest BCUT2D eigenvalue weighted by atomic mass is 9.83. The number of primary amides is 1. The van der Waals surface area contributed by atoms with E-state index in [-0.39, 0.29) is 11.9 Å². The quantitative estimate of drug-likeness (QED) is 0.858. The van der Waals surface area contributed by atoms with Gasteiger partial charge in [-0.15, -0.1) is 0 Å². The van der Waals surface area contributed by atoms with E-state index < -0.39 is 5.54 Å². The van der Waals surface area contributed by atoms with Crippen molar-refractivity contribution in [2.45, 2.75) is 37.6 Å². The Morgan fingerprint density at radius 1 is 0.893 bits per heavy atom. The summed E-state index contributed by atoms with van der Waals surface area (Å²) in [5.74, 6) is -0.247. The molecule has 148 valence electrons. The summed E-state index contributed by atoms with van der Waals surface area (Å²) in [6.07, 6.45) is 4.64. The molecule has 3 amide bonds. The molecule has 0 spiro atoms. The number of carbonyl (C=O) groups is 2. The first-order valence-corrected chi connectivity index (χ1v) is 10.2. The third kappa shape index (κ3) is 3.44. The second-order valence-corrected chi connectivity index (χ2v) is 7.89. The number of nitrogens with one attached hydrogen (secondary N) is 1. The number of likely N-dealkylation sites (tertiary alicyclic amines) is 2. The van der Waals surface area contributed by atoms with Gasteiger partial charge in [-0.3, -0.25) is 9.69 Å². The molecule has 3 N–H and O–H groups in total. The standard InChI is InChI=1S/C22H28N4O2/c23-20(27)22(26-13-4-1-5-14-26)11-15-25(16-12-22)21(28)24-19-10-6-8-17-7-2-3-9-18(17)19/h2-3,6-10H,1,4-5,11-16H2,(H2,23,27)(H,24,28). The Morgan fingerprint density at radius 2 is 1.57 bits per heavy atom. The molecular weight excluding hydrogens is 352 g/mol. The van der Waals surface area contributed by atoms with Crippen LogP contribution in [0.2, 0.25) is 0 Å². The second-order valence-electron chi connectivity index (χ2n) is 7.89. The second kappa shape index (κ2) is 7.80. The Hall–Kier alpha value is -2.60. The largest absolute Gasteiger partial charge is 0.368 e. The number of amides is 3. The summed E-state index contributed by atoms with van der Waals surface area (Å²) in [5, 5.41) is 5.17. The zero-order valence-electron chi connectivity index (χ0n) is 16.2. The highest BCUT2D eigenvalue weighted by atomic mass is 16.2. The smallest absolute Gasteiger partial charge is 0.321 e. The molecule has 28 heavy (non-hydrogen) atoms. The van der Waals surface area contributed by atoms with E-state index in [1.807, 2.05) is 42.5 Å². The highest BCUT2D eigenvalue weighted by Gasteiger charge is 2.45. The lowest BCUT2D eigenvalue weighted by molar-refractivity contribution is -0.134. The first-order chi connectivity index (χ1) is 13.6.